The smallest absolute Gasteiger partial charge is 0.256 e. The van der Waals surface area contributed by atoms with Crippen LogP contribution in [0.15, 0.2) is 27.7 Å². The number of hydrogen-bond acceptors (Lipinski definition) is 3. The molecule has 0 saturated heterocycles. The van der Waals surface area contributed by atoms with Gasteiger partial charge in [0.05, 0.1) is 4.47 Å². The summed E-state index contributed by atoms with van der Waals surface area (Å²) in [4.78, 5) is 16.2. The highest BCUT2D eigenvalue weighted by molar-refractivity contribution is 9.10. The predicted molar refractivity (Wildman–Crippen MR) is 75.3 cm³/mol. The molecule has 6 heteroatoms. The number of hydrogen-bond donors (Lipinski definition) is 2. The zero-order chi connectivity index (χ0) is 14.2. The predicted octanol–water partition coefficient (Wildman–Crippen LogP) is 2.50. The highest BCUT2D eigenvalue weighted by Crippen LogP contribution is 2.26. The summed E-state index contributed by atoms with van der Waals surface area (Å²) >= 11 is 3.11. The van der Waals surface area contributed by atoms with Crippen LogP contribution in [0.1, 0.15) is 32.4 Å². The van der Waals surface area contributed by atoms with Gasteiger partial charge in [-0.2, -0.15) is 0 Å². The second-order valence-corrected chi connectivity index (χ2v) is 6.27. The van der Waals surface area contributed by atoms with E-state index < -0.39 is 6.04 Å². The topological polar surface area (TPSA) is 53.5 Å². The minimum absolute atomic E-state index is 0.190. The summed E-state index contributed by atoms with van der Waals surface area (Å²) < 4.78 is 13.5. The molecule has 1 aromatic rings. The molecule has 1 heterocycles. The zero-order valence-electron chi connectivity index (χ0n) is 10.9. The molecule has 0 bridgehead atoms. The van der Waals surface area contributed by atoms with Gasteiger partial charge in [0.2, 0.25) is 0 Å². The molecule has 1 atom stereocenters. The van der Waals surface area contributed by atoms with Crippen LogP contribution in [-0.4, -0.2) is 17.4 Å². The van der Waals surface area contributed by atoms with Crippen molar-refractivity contribution in [2.45, 2.75) is 32.4 Å². The molecule has 102 valence electrons. The van der Waals surface area contributed by atoms with Gasteiger partial charge in [0.15, 0.2) is 12.0 Å². The van der Waals surface area contributed by atoms with E-state index in [0.717, 1.165) is 0 Å². The highest BCUT2D eigenvalue weighted by atomic mass is 79.9. The van der Waals surface area contributed by atoms with Gasteiger partial charge < -0.3 is 5.32 Å². The summed E-state index contributed by atoms with van der Waals surface area (Å²) in [6, 6.07) is 3.82. The van der Waals surface area contributed by atoms with Crippen molar-refractivity contribution in [1.29, 1.82) is 0 Å². The van der Waals surface area contributed by atoms with Crippen LogP contribution in [0.2, 0.25) is 0 Å². The van der Waals surface area contributed by atoms with E-state index in [2.05, 4.69) is 31.6 Å². The Morgan fingerprint density at radius 2 is 2.11 bits per heavy atom. The molecule has 0 saturated carbocycles. The van der Waals surface area contributed by atoms with E-state index in [0.29, 0.717) is 16.0 Å². The van der Waals surface area contributed by atoms with E-state index >= 15 is 0 Å². The van der Waals surface area contributed by atoms with Crippen LogP contribution in [0.3, 0.4) is 0 Å². The minimum atomic E-state index is -0.637. The van der Waals surface area contributed by atoms with Crippen molar-refractivity contribution < 1.29 is 9.18 Å². The van der Waals surface area contributed by atoms with Crippen molar-refractivity contribution in [3.8, 4) is 0 Å². The first kappa shape index (κ1) is 14.0. The summed E-state index contributed by atoms with van der Waals surface area (Å²) in [6.45, 7) is 5.93. The first-order chi connectivity index (χ1) is 8.76. The number of halogens is 2. The van der Waals surface area contributed by atoms with Crippen molar-refractivity contribution in [2.24, 2.45) is 4.99 Å². The fourth-order valence-corrected chi connectivity index (χ4v) is 2.13. The number of carbonyl (C=O) groups excluding carboxylic acids is 1. The monoisotopic (exact) mass is 327 g/mol. The van der Waals surface area contributed by atoms with E-state index in [9.17, 15) is 9.18 Å². The Kier molecular flexibility index (Phi) is 3.62. The van der Waals surface area contributed by atoms with E-state index in [1.807, 2.05) is 20.8 Å². The van der Waals surface area contributed by atoms with Crippen LogP contribution >= 0.6 is 15.9 Å². The third-order valence-electron chi connectivity index (χ3n) is 2.50. The molecule has 1 amide bonds. The Balaban J connectivity index is 2.25. The second kappa shape index (κ2) is 4.92. The van der Waals surface area contributed by atoms with E-state index in [1.165, 1.54) is 6.07 Å². The first-order valence-corrected chi connectivity index (χ1v) is 6.67. The average molecular weight is 328 g/mol. The Hall–Kier alpha value is -1.43. The summed E-state index contributed by atoms with van der Waals surface area (Å²) in [5.41, 5.74) is 0.459. The molecule has 0 fully saturated rings. The molecule has 2 N–H and O–H groups in total. The quantitative estimate of drug-likeness (QED) is 0.832. The normalized spacial score (nSPS) is 19.1. The number of benzene rings is 1. The fraction of sp³-hybridized carbons (Fsp3) is 0.385. The third-order valence-corrected chi connectivity index (χ3v) is 3.11. The summed E-state index contributed by atoms with van der Waals surface area (Å²) in [5, 5.41) is 5.79. The molecular formula is C13H15BrFN3O. The average Bonchev–Trinajstić information content (AvgIpc) is 2.61. The minimum Gasteiger partial charge on any atom is -0.351 e. The number of carbonyl (C=O) groups is 1. The van der Waals surface area contributed by atoms with Gasteiger partial charge in [-0.3, -0.25) is 10.1 Å². The maximum atomic E-state index is 13.2. The lowest BCUT2D eigenvalue weighted by Crippen LogP contribution is -2.46. The number of nitrogens with one attached hydrogen (secondary N) is 2. The van der Waals surface area contributed by atoms with Crippen LogP contribution in [0.25, 0.3) is 0 Å². The molecule has 1 aromatic carbocycles. The zero-order valence-corrected chi connectivity index (χ0v) is 12.5. The van der Waals surface area contributed by atoms with Crippen LogP contribution in [-0.2, 0) is 4.79 Å². The van der Waals surface area contributed by atoms with Crippen molar-refractivity contribution in [2.75, 3.05) is 0 Å². The van der Waals surface area contributed by atoms with Gasteiger partial charge in [-0.15, -0.1) is 0 Å². The van der Waals surface area contributed by atoms with Gasteiger partial charge in [0.25, 0.3) is 5.91 Å². The SMILES string of the molecule is CC(C)(C)NC1=NC(c2ccc(F)c(Br)c2)C(=O)N1. The fourth-order valence-electron chi connectivity index (χ4n) is 1.73. The Morgan fingerprint density at radius 3 is 2.68 bits per heavy atom. The van der Waals surface area contributed by atoms with E-state index in [4.69, 9.17) is 0 Å². The van der Waals surface area contributed by atoms with Gasteiger partial charge in [0.1, 0.15) is 5.82 Å². The maximum Gasteiger partial charge on any atom is 0.256 e. The van der Waals surface area contributed by atoms with Gasteiger partial charge in [-0.25, -0.2) is 9.38 Å². The van der Waals surface area contributed by atoms with Crippen LogP contribution in [0, 0.1) is 5.82 Å². The molecule has 1 unspecified atom stereocenters. The Bertz CT molecular complexity index is 551. The largest absolute Gasteiger partial charge is 0.351 e. The highest BCUT2D eigenvalue weighted by Gasteiger charge is 2.29. The molecule has 0 aromatic heterocycles. The standard InChI is InChI=1S/C13H15BrFN3O/c1-13(2,3)18-12-16-10(11(19)17-12)7-4-5-9(15)8(14)6-7/h4-6,10H,1-3H3,(H2,16,17,18,19). The number of nitrogens with zero attached hydrogens (tertiary/aromatic N) is 1. The maximum absolute atomic E-state index is 13.2. The molecular weight excluding hydrogens is 313 g/mol. The van der Waals surface area contributed by atoms with E-state index in [1.54, 1.807) is 12.1 Å². The third kappa shape index (κ3) is 3.32. The Morgan fingerprint density at radius 1 is 1.42 bits per heavy atom. The molecule has 2 rings (SSSR count). The summed E-state index contributed by atoms with van der Waals surface area (Å²) in [5.74, 6) is -0.132. The van der Waals surface area contributed by atoms with Gasteiger partial charge in [0, 0.05) is 5.54 Å². The first-order valence-electron chi connectivity index (χ1n) is 5.88. The van der Waals surface area contributed by atoms with Crippen LogP contribution in [0.4, 0.5) is 4.39 Å². The van der Waals surface area contributed by atoms with Crippen LogP contribution in [0.5, 0.6) is 0 Å². The van der Waals surface area contributed by atoms with Gasteiger partial charge in [-0.1, -0.05) is 6.07 Å². The second-order valence-electron chi connectivity index (χ2n) is 5.42. The van der Waals surface area contributed by atoms with Gasteiger partial charge >= 0.3 is 0 Å². The van der Waals surface area contributed by atoms with Crippen molar-refractivity contribution in [1.82, 2.24) is 10.6 Å². The molecule has 0 aliphatic carbocycles. The molecule has 19 heavy (non-hydrogen) atoms. The van der Waals surface area contributed by atoms with Crippen LogP contribution < -0.4 is 10.6 Å². The lowest BCUT2D eigenvalue weighted by atomic mass is 10.1. The number of rotatable bonds is 1. The number of amides is 1. The lowest BCUT2D eigenvalue weighted by molar-refractivity contribution is -0.120. The molecule has 0 spiro atoms. The molecule has 0 radical (unpaired) electrons. The Labute approximate surface area is 119 Å². The number of aliphatic imine (C=N–C) groups is 1. The lowest BCUT2D eigenvalue weighted by Gasteiger charge is -2.21. The molecule has 1 aliphatic heterocycles. The van der Waals surface area contributed by atoms with E-state index in [-0.39, 0.29) is 17.3 Å². The molecule has 1 aliphatic rings. The van der Waals surface area contributed by atoms with Crippen molar-refractivity contribution in [3.05, 3.63) is 34.1 Å². The number of guanidine groups is 1. The molecule has 4 nitrogen and oxygen atoms in total. The summed E-state index contributed by atoms with van der Waals surface area (Å²) in [7, 11) is 0. The van der Waals surface area contributed by atoms with Gasteiger partial charge in [-0.05, 0) is 54.4 Å². The van der Waals surface area contributed by atoms with Crippen molar-refractivity contribution in [3.63, 3.8) is 0 Å². The summed E-state index contributed by atoms with van der Waals surface area (Å²) in [6.07, 6.45) is 0. The van der Waals surface area contributed by atoms with Crippen molar-refractivity contribution >= 4 is 27.8 Å².